The minimum absolute atomic E-state index is 0.256. The number of carbonyl (C=O) groups is 1. The smallest absolute Gasteiger partial charge is 0.495 e. The number of nitrogens with one attached hydrogen (secondary N) is 1. The summed E-state index contributed by atoms with van der Waals surface area (Å²) in [5, 5.41) is 2.87. The molecule has 6 nitrogen and oxygen atoms in total. The first-order chi connectivity index (χ1) is 13.0. The minimum Gasteiger partial charge on any atom is -0.495 e. The van der Waals surface area contributed by atoms with Gasteiger partial charge < -0.3 is 15.0 Å². The molecule has 28 heavy (non-hydrogen) atoms. The Morgan fingerprint density at radius 2 is 1.86 bits per heavy atom. The summed E-state index contributed by atoms with van der Waals surface area (Å²) >= 11 is 5.88. The zero-order chi connectivity index (χ0) is 21.1. The molecule has 2 aromatic rings. The molecule has 0 saturated heterocycles. The van der Waals surface area contributed by atoms with Crippen molar-refractivity contribution < 1.29 is 31.1 Å². The summed E-state index contributed by atoms with van der Waals surface area (Å²) in [5.74, 6) is -0.275. The summed E-state index contributed by atoms with van der Waals surface area (Å²) in [7, 11) is -2.88. The quantitative estimate of drug-likeness (QED) is 0.747. The topological polar surface area (TPSA) is 75.7 Å². The average molecular weight is 437 g/mol. The largest absolute Gasteiger partial charge is 0.501 e. The Bertz CT molecular complexity index is 981. The van der Waals surface area contributed by atoms with Crippen LogP contribution in [0.25, 0.3) is 0 Å². The lowest BCUT2D eigenvalue weighted by Gasteiger charge is -2.22. The normalized spacial score (nSPS) is 11.8. The van der Waals surface area contributed by atoms with Crippen molar-refractivity contribution in [2.24, 2.45) is 0 Å². The number of hydrogen-bond acceptors (Lipinski definition) is 5. The predicted molar refractivity (Wildman–Crippen MR) is 99.6 cm³/mol. The van der Waals surface area contributed by atoms with Crippen LogP contribution in [0.1, 0.15) is 0 Å². The van der Waals surface area contributed by atoms with E-state index < -0.39 is 32.7 Å². The van der Waals surface area contributed by atoms with E-state index in [4.69, 9.17) is 16.3 Å². The van der Waals surface area contributed by atoms with Gasteiger partial charge in [0.2, 0.25) is 5.91 Å². The highest BCUT2D eigenvalue weighted by atomic mass is 35.5. The van der Waals surface area contributed by atoms with E-state index in [2.05, 4.69) is 5.32 Å². The highest BCUT2D eigenvalue weighted by Crippen LogP contribution is 2.35. The van der Waals surface area contributed by atoms with Gasteiger partial charge in [-0.25, -0.2) is 8.42 Å². The molecule has 0 unspecified atom stereocenters. The van der Waals surface area contributed by atoms with Gasteiger partial charge in [0.25, 0.3) is 9.84 Å². The summed E-state index contributed by atoms with van der Waals surface area (Å²) in [4.78, 5) is 12.5. The number of rotatable bonds is 6. The number of nitrogens with zero attached hydrogens (tertiary/aromatic N) is 1. The van der Waals surface area contributed by atoms with Crippen LogP contribution >= 0.6 is 11.6 Å². The van der Waals surface area contributed by atoms with Crippen molar-refractivity contribution in [1.29, 1.82) is 0 Å². The Morgan fingerprint density at radius 1 is 1.21 bits per heavy atom. The number of sulfone groups is 1. The molecule has 11 heteroatoms. The molecule has 0 radical (unpaired) electrons. The van der Waals surface area contributed by atoms with Crippen LogP contribution in [0.15, 0.2) is 47.4 Å². The van der Waals surface area contributed by atoms with Gasteiger partial charge in [-0.1, -0.05) is 23.7 Å². The number of anilines is 2. The van der Waals surface area contributed by atoms with Crippen molar-refractivity contribution in [2.75, 3.05) is 30.9 Å². The molecule has 152 valence electrons. The first-order valence-corrected chi connectivity index (χ1v) is 9.58. The summed E-state index contributed by atoms with van der Waals surface area (Å²) < 4.78 is 67.5. The predicted octanol–water partition coefficient (Wildman–Crippen LogP) is 3.72. The first-order valence-electron chi connectivity index (χ1n) is 7.72. The van der Waals surface area contributed by atoms with Crippen LogP contribution in [0.4, 0.5) is 24.5 Å². The van der Waals surface area contributed by atoms with Crippen LogP contribution in [0.5, 0.6) is 5.75 Å². The van der Waals surface area contributed by atoms with E-state index in [1.807, 2.05) is 0 Å². The van der Waals surface area contributed by atoms with Crippen molar-refractivity contribution >= 4 is 38.7 Å². The average Bonchev–Trinajstić information content (AvgIpc) is 2.60. The van der Waals surface area contributed by atoms with E-state index in [9.17, 15) is 26.4 Å². The monoisotopic (exact) mass is 436 g/mol. The number of hydrogen-bond donors (Lipinski definition) is 1. The van der Waals surface area contributed by atoms with Crippen molar-refractivity contribution in [2.45, 2.75) is 10.4 Å². The molecule has 1 amide bonds. The van der Waals surface area contributed by atoms with Crippen LogP contribution in [0, 0.1) is 0 Å². The SMILES string of the molecule is COc1ccc(Cl)cc1NC(=O)CN(C)c1ccccc1S(=O)(=O)C(F)(F)F. The third kappa shape index (κ3) is 4.68. The zero-order valence-corrected chi connectivity index (χ0v) is 16.3. The molecule has 0 atom stereocenters. The second-order valence-corrected chi connectivity index (χ2v) is 8.01. The van der Waals surface area contributed by atoms with E-state index in [1.54, 1.807) is 6.07 Å². The third-order valence-corrected chi connectivity index (χ3v) is 5.46. The van der Waals surface area contributed by atoms with Gasteiger partial charge in [-0.2, -0.15) is 13.2 Å². The molecule has 0 fully saturated rings. The Morgan fingerprint density at radius 3 is 2.46 bits per heavy atom. The molecule has 0 bridgehead atoms. The molecule has 0 aromatic heterocycles. The van der Waals surface area contributed by atoms with E-state index in [0.29, 0.717) is 10.8 Å². The Labute approximate surface area is 164 Å². The molecule has 0 saturated carbocycles. The van der Waals surface area contributed by atoms with Gasteiger partial charge in [-0.05, 0) is 30.3 Å². The maximum Gasteiger partial charge on any atom is 0.501 e. The molecule has 0 heterocycles. The zero-order valence-electron chi connectivity index (χ0n) is 14.7. The number of carbonyl (C=O) groups excluding carboxylic acids is 1. The first kappa shape index (κ1) is 21.8. The lowest BCUT2D eigenvalue weighted by atomic mass is 10.2. The fraction of sp³-hybridized carbons (Fsp3) is 0.235. The van der Waals surface area contributed by atoms with Gasteiger partial charge >= 0.3 is 5.51 Å². The van der Waals surface area contributed by atoms with E-state index >= 15 is 0 Å². The van der Waals surface area contributed by atoms with Crippen LogP contribution in [0.3, 0.4) is 0 Å². The number of likely N-dealkylation sites (N-methyl/N-ethyl adjacent to an activating group) is 1. The van der Waals surface area contributed by atoms with Crippen LogP contribution in [-0.2, 0) is 14.6 Å². The summed E-state index contributed by atoms with van der Waals surface area (Å²) in [6.45, 7) is -0.417. The number of halogens is 4. The van der Waals surface area contributed by atoms with Crippen LogP contribution in [0.2, 0.25) is 5.02 Å². The number of alkyl halides is 3. The maximum absolute atomic E-state index is 12.9. The number of amides is 1. The molecule has 0 aliphatic rings. The summed E-state index contributed by atoms with van der Waals surface area (Å²) in [6, 6.07) is 9.11. The van der Waals surface area contributed by atoms with Crippen LogP contribution < -0.4 is 15.0 Å². The molecule has 0 spiro atoms. The van der Waals surface area contributed by atoms with Gasteiger partial charge in [0.15, 0.2) is 0 Å². The number of benzene rings is 2. The highest BCUT2D eigenvalue weighted by molar-refractivity contribution is 7.92. The summed E-state index contributed by atoms with van der Waals surface area (Å²) in [5.41, 5.74) is -5.45. The molecule has 0 aliphatic heterocycles. The minimum atomic E-state index is -5.57. The summed E-state index contributed by atoms with van der Waals surface area (Å²) in [6.07, 6.45) is 0. The third-order valence-electron chi connectivity index (χ3n) is 3.69. The molecule has 1 N–H and O–H groups in total. The fourth-order valence-corrected chi connectivity index (χ4v) is 3.57. The van der Waals surface area contributed by atoms with Gasteiger partial charge in [0, 0.05) is 12.1 Å². The second-order valence-electron chi connectivity index (χ2n) is 5.67. The molecular weight excluding hydrogens is 421 g/mol. The van der Waals surface area contributed by atoms with E-state index in [0.717, 1.165) is 11.0 Å². The van der Waals surface area contributed by atoms with E-state index in [-0.39, 0.29) is 11.4 Å². The van der Waals surface area contributed by atoms with Gasteiger partial charge in [-0.3, -0.25) is 4.79 Å². The van der Waals surface area contributed by atoms with Crippen molar-refractivity contribution in [3.05, 3.63) is 47.5 Å². The van der Waals surface area contributed by atoms with Crippen molar-refractivity contribution in [3.8, 4) is 5.75 Å². The van der Waals surface area contributed by atoms with Gasteiger partial charge in [0.05, 0.1) is 29.9 Å². The standard InChI is InChI=1S/C17H16ClF3N2O4S/c1-23(10-16(24)22-12-9-11(18)7-8-14(12)27-2)13-5-3-4-6-15(13)28(25,26)17(19,20)21/h3-9H,10H2,1-2H3,(H,22,24). The lowest BCUT2D eigenvalue weighted by molar-refractivity contribution is -0.114. The molecule has 2 aromatic carbocycles. The fourth-order valence-electron chi connectivity index (χ4n) is 2.39. The second kappa shape index (κ2) is 8.27. The molecule has 2 rings (SSSR count). The Balaban J connectivity index is 2.26. The lowest BCUT2D eigenvalue weighted by Crippen LogP contribution is -2.32. The van der Waals surface area contributed by atoms with Crippen molar-refractivity contribution in [3.63, 3.8) is 0 Å². The number of para-hydroxylation sites is 1. The maximum atomic E-state index is 12.9. The number of methoxy groups -OCH3 is 1. The molecular formula is C17H16ClF3N2O4S. The van der Waals surface area contributed by atoms with Gasteiger partial charge in [-0.15, -0.1) is 0 Å². The van der Waals surface area contributed by atoms with Gasteiger partial charge in [0.1, 0.15) is 5.75 Å². The van der Waals surface area contributed by atoms with Crippen LogP contribution in [-0.4, -0.2) is 40.5 Å². The van der Waals surface area contributed by atoms with Crippen molar-refractivity contribution in [1.82, 2.24) is 0 Å². The highest BCUT2D eigenvalue weighted by Gasteiger charge is 2.48. The molecule has 0 aliphatic carbocycles. The van der Waals surface area contributed by atoms with E-state index in [1.165, 1.54) is 44.5 Å². The number of ether oxygens (including phenoxy) is 1. The Hall–Kier alpha value is -2.46. The Kier molecular flexibility index (Phi) is 6.45.